The number of carbonyl (C=O) groups is 1. The summed E-state index contributed by atoms with van der Waals surface area (Å²) in [5, 5.41) is 7.18. The molecule has 0 aliphatic heterocycles. The third-order valence-electron chi connectivity index (χ3n) is 3.50. The van der Waals surface area contributed by atoms with Crippen LogP contribution in [0.5, 0.6) is 0 Å². The standard InChI is InChI=1S/C19H18FN3O2/c1-2-11-25-19(24)21-18-13-17(14-7-4-3-5-8-14)22-23(18)16-10-6-9-15(20)12-16/h3-10,12-13H,2,11H2,1H3,(H,21,24). The lowest BCUT2D eigenvalue weighted by Gasteiger charge is -2.09. The zero-order valence-electron chi connectivity index (χ0n) is 13.8. The van der Waals surface area contributed by atoms with Crippen LogP contribution in [0.4, 0.5) is 15.0 Å². The fourth-order valence-corrected chi connectivity index (χ4v) is 2.36. The van der Waals surface area contributed by atoms with Crippen LogP contribution < -0.4 is 5.32 Å². The molecule has 0 saturated carbocycles. The van der Waals surface area contributed by atoms with Crippen molar-refractivity contribution in [2.75, 3.05) is 11.9 Å². The van der Waals surface area contributed by atoms with E-state index in [4.69, 9.17) is 4.74 Å². The van der Waals surface area contributed by atoms with E-state index in [1.54, 1.807) is 18.2 Å². The predicted molar refractivity (Wildman–Crippen MR) is 94.2 cm³/mol. The van der Waals surface area contributed by atoms with Crippen molar-refractivity contribution in [2.45, 2.75) is 13.3 Å². The van der Waals surface area contributed by atoms with Gasteiger partial charge in [0.15, 0.2) is 0 Å². The molecule has 2 aromatic carbocycles. The Bertz CT molecular complexity index is 862. The number of anilines is 1. The zero-order valence-corrected chi connectivity index (χ0v) is 13.8. The van der Waals surface area contributed by atoms with Crippen LogP contribution in [0.1, 0.15) is 13.3 Å². The van der Waals surface area contributed by atoms with Gasteiger partial charge in [-0.1, -0.05) is 43.3 Å². The lowest BCUT2D eigenvalue weighted by atomic mass is 10.2. The zero-order chi connectivity index (χ0) is 17.6. The maximum absolute atomic E-state index is 13.6. The molecule has 5 nitrogen and oxygen atoms in total. The largest absolute Gasteiger partial charge is 0.449 e. The maximum Gasteiger partial charge on any atom is 0.412 e. The average molecular weight is 339 g/mol. The highest BCUT2D eigenvalue weighted by molar-refractivity contribution is 5.85. The number of hydrogen-bond donors (Lipinski definition) is 1. The number of halogens is 1. The molecule has 0 radical (unpaired) electrons. The first-order valence-corrected chi connectivity index (χ1v) is 8.02. The SMILES string of the molecule is CCCOC(=O)Nc1cc(-c2ccccc2)nn1-c1cccc(F)c1. The Morgan fingerprint density at radius 2 is 1.96 bits per heavy atom. The Balaban J connectivity index is 1.99. The minimum Gasteiger partial charge on any atom is -0.449 e. The summed E-state index contributed by atoms with van der Waals surface area (Å²) in [5.41, 5.74) is 2.06. The van der Waals surface area contributed by atoms with Gasteiger partial charge in [0.2, 0.25) is 0 Å². The maximum atomic E-state index is 13.6. The highest BCUT2D eigenvalue weighted by Crippen LogP contribution is 2.25. The topological polar surface area (TPSA) is 56.1 Å². The summed E-state index contributed by atoms with van der Waals surface area (Å²) < 4.78 is 20.1. The van der Waals surface area contributed by atoms with Gasteiger partial charge in [-0.05, 0) is 24.6 Å². The Morgan fingerprint density at radius 3 is 2.68 bits per heavy atom. The highest BCUT2D eigenvalue weighted by Gasteiger charge is 2.14. The van der Waals surface area contributed by atoms with Gasteiger partial charge in [-0.3, -0.25) is 5.32 Å². The number of nitrogens with zero attached hydrogens (tertiary/aromatic N) is 2. The lowest BCUT2D eigenvalue weighted by Crippen LogP contribution is -2.16. The van der Waals surface area contributed by atoms with Gasteiger partial charge in [0.1, 0.15) is 11.6 Å². The monoisotopic (exact) mass is 339 g/mol. The Hall–Kier alpha value is -3.15. The molecule has 0 aliphatic rings. The third-order valence-corrected chi connectivity index (χ3v) is 3.50. The Morgan fingerprint density at radius 1 is 1.16 bits per heavy atom. The minimum atomic E-state index is -0.570. The van der Waals surface area contributed by atoms with E-state index in [1.807, 2.05) is 37.3 Å². The van der Waals surface area contributed by atoms with Gasteiger partial charge in [-0.15, -0.1) is 0 Å². The molecular formula is C19H18FN3O2. The molecule has 6 heteroatoms. The van der Waals surface area contributed by atoms with Crippen molar-refractivity contribution in [3.63, 3.8) is 0 Å². The highest BCUT2D eigenvalue weighted by atomic mass is 19.1. The van der Waals surface area contributed by atoms with E-state index in [9.17, 15) is 9.18 Å². The van der Waals surface area contributed by atoms with Crippen LogP contribution >= 0.6 is 0 Å². The van der Waals surface area contributed by atoms with Gasteiger partial charge in [0, 0.05) is 11.6 Å². The number of amides is 1. The number of carbonyl (C=O) groups excluding carboxylic acids is 1. The van der Waals surface area contributed by atoms with Crippen LogP contribution in [-0.4, -0.2) is 22.5 Å². The van der Waals surface area contributed by atoms with Crippen LogP contribution in [0, 0.1) is 5.82 Å². The summed E-state index contributed by atoms with van der Waals surface area (Å²) in [6.45, 7) is 2.24. The average Bonchev–Trinajstić information content (AvgIpc) is 3.04. The molecule has 0 spiro atoms. The summed E-state index contributed by atoms with van der Waals surface area (Å²) in [7, 11) is 0. The number of nitrogens with one attached hydrogen (secondary N) is 1. The Kier molecular flexibility index (Phi) is 5.09. The van der Waals surface area contributed by atoms with Crippen LogP contribution in [0.3, 0.4) is 0 Å². The van der Waals surface area contributed by atoms with Crippen molar-refractivity contribution in [1.82, 2.24) is 9.78 Å². The molecule has 3 rings (SSSR count). The van der Waals surface area contributed by atoms with Gasteiger partial charge in [-0.2, -0.15) is 5.10 Å². The first-order valence-electron chi connectivity index (χ1n) is 8.02. The van der Waals surface area contributed by atoms with Crippen molar-refractivity contribution in [2.24, 2.45) is 0 Å². The van der Waals surface area contributed by atoms with Crippen LogP contribution in [0.15, 0.2) is 60.7 Å². The molecular weight excluding hydrogens is 321 g/mol. The van der Waals surface area contributed by atoms with E-state index in [0.717, 1.165) is 12.0 Å². The van der Waals surface area contributed by atoms with Crippen LogP contribution in [-0.2, 0) is 4.74 Å². The number of rotatable bonds is 5. The number of hydrogen-bond acceptors (Lipinski definition) is 3. The molecule has 0 fully saturated rings. The molecule has 1 amide bonds. The molecule has 0 saturated heterocycles. The first-order chi connectivity index (χ1) is 12.2. The van der Waals surface area contributed by atoms with Gasteiger partial charge < -0.3 is 4.74 Å². The van der Waals surface area contributed by atoms with Crippen molar-refractivity contribution < 1.29 is 13.9 Å². The normalized spacial score (nSPS) is 10.5. The van der Waals surface area contributed by atoms with Crippen molar-refractivity contribution in [3.8, 4) is 16.9 Å². The lowest BCUT2D eigenvalue weighted by molar-refractivity contribution is 0.161. The second-order valence-electron chi connectivity index (χ2n) is 5.43. The number of aromatic nitrogens is 2. The van der Waals surface area contributed by atoms with E-state index < -0.39 is 6.09 Å². The molecule has 128 valence electrons. The van der Waals surface area contributed by atoms with Gasteiger partial charge in [0.25, 0.3) is 0 Å². The molecule has 0 bridgehead atoms. The fourth-order valence-electron chi connectivity index (χ4n) is 2.36. The van der Waals surface area contributed by atoms with E-state index in [-0.39, 0.29) is 5.82 Å². The molecule has 1 heterocycles. The number of benzene rings is 2. The molecule has 0 unspecified atom stereocenters. The summed E-state index contributed by atoms with van der Waals surface area (Å²) in [6.07, 6.45) is 0.158. The number of ether oxygens (including phenoxy) is 1. The summed E-state index contributed by atoms with van der Waals surface area (Å²) >= 11 is 0. The van der Waals surface area contributed by atoms with Gasteiger partial charge in [0.05, 0.1) is 18.0 Å². The fraction of sp³-hybridized carbons (Fsp3) is 0.158. The predicted octanol–water partition coefficient (Wildman–Crippen LogP) is 4.64. The van der Waals surface area contributed by atoms with Crippen LogP contribution in [0.2, 0.25) is 0 Å². The van der Waals surface area contributed by atoms with E-state index in [2.05, 4.69) is 10.4 Å². The smallest absolute Gasteiger partial charge is 0.412 e. The molecule has 0 aliphatic carbocycles. The van der Waals surface area contributed by atoms with Crippen LogP contribution in [0.25, 0.3) is 16.9 Å². The summed E-state index contributed by atoms with van der Waals surface area (Å²) in [6, 6.07) is 17.3. The molecule has 25 heavy (non-hydrogen) atoms. The second-order valence-corrected chi connectivity index (χ2v) is 5.43. The molecule has 3 aromatic rings. The van der Waals surface area contributed by atoms with Crippen molar-refractivity contribution >= 4 is 11.9 Å². The van der Waals surface area contributed by atoms with Crippen molar-refractivity contribution in [3.05, 3.63) is 66.5 Å². The van der Waals surface area contributed by atoms with E-state index >= 15 is 0 Å². The van der Waals surface area contributed by atoms with Gasteiger partial charge in [-0.25, -0.2) is 13.9 Å². The van der Waals surface area contributed by atoms with Gasteiger partial charge >= 0.3 is 6.09 Å². The van der Waals surface area contributed by atoms with E-state index in [1.165, 1.54) is 16.8 Å². The second kappa shape index (κ2) is 7.61. The summed E-state index contributed by atoms with van der Waals surface area (Å²) in [5.74, 6) is 0.0272. The minimum absolute atomic E-state index is 0.325. The molecule has 0 atom stereocenters. The first kappa shape index (κ1) is 16.7. The molecule has 1 aromatic heterocycles. The Labute approximate surface area is 145 Å². The summed E-state index contributed by atoms with van der Waals surface area (Å²) in [4.78, 5) is 11.9. The van der Waals surface area contributed by atoms with Crippen molar-refractivity contribution in [1.29, 1.82) is 0 Å². The van der Waals surface area contributed by atoms with E-state index in [0.29, 0.717) is 23.8 Å². The molecule has 1 N–H and O–H groups in total. The quantitative estimate of drug-likeness (QED) is 0.737. The third kappa shape index (κ3) is 4.03.